The summed E-state index contributed by atoms with van der Waals surface area (Å²) >= 11 is 4.61. The van der Waals surface area contributed by atoms with Crippen LogP contribution in [0.3, 0.4) is 0 Å². The molecule has 0 bridgehead atoms. The maximum atomic E-state index is 10.7. The van der Waals surface area contributed by atoms with Crippen molar-refractivity contribution < 1.29 is 9.53 Å². The molecular weight excluding hydrogens is 230 g/mol. The predicted octanol–water partition coefficient (Wildman–Crippen LogP) is 1.62. The van der Waals surface area contributed by atoms with Gasteiger partial charge in [0.05, 0.1) is 12.7 Å². The highest BCUT2D eigenvalue weighted by Gasteiger charge is 2.13. The molecule has 3 nitrogen and oxygen atoms in total. The quantitative estimate of drug-likeness (QED) is 0.848. The number of carbonyl (C=O) groups is 1. The Morgan fingerprint density at radius 2 is 2.45 bits per heavy atom. The van der Waals surface area contributed by atoms with Crippen molar-refractivity contribution in [2.45, 2.75) is 0 Å². The normalized spacial score (nSPS) is 9.64. The van der Waals surface area contributed by atoms with Crippen molar-refractivity contribution in [3.8, 4) is 5.75 Å². The number of methoxy groups -OCH3 is 1. The molecule has 60 valence electrons. The Bertz CT molecular complexity index is 284. The Labute approximate surface area is 76.3 Å². The molecule has 0 atom stereocenters. The van der Waals surface area contributed by atoms with E-state index in [2.05, 4.69) is 15.9 Å². The van der Waals surface area contributed by atoms with Gasteiger partial charge in [-0.05, 0) is 15.9 Å². The van der Waals surface area contributed by atoms with E-state index in [4.69, 9.17) is 10.5 Å². The number of thiophene rings is 1. The standard InChI is InChI=1S/C6H6BrNO2S/c1-10-4-3(6(8)9)2-11-5(4)7/h2H,1H3,(H2,8,9). The van der Waals surface area contributed by atoms with Crippen LogP contribution in [0.4, 0.5) is 0 Å². The SMILES string of the molecule is COc1c(C(N)=O)csc1Br. The summed E-state index contributed by atoms with van der Waals surface area (Å²) in [5, 5.41) is 1.66. The predicted molar refractivity (Wildman–Crippen MR) is 47.1 cm³/mol. The second kappa shape index (κ2) is 3.23. The average Bonchev–Trinajstić information content (AvgIpc) is 2.30. The Morgan fingerprint density at radius 3 is 2.82 bits per heavy atom. The van der Waals surface area contributed by atoms with Crippen LogP contribution in [0.25, 0.3) is 0 Å². The third-order valence-electron chi connectivity index (χ3n) is 1.17. The lowest BCUT2D eigenvalue weighted by Crippen LogP contribution is -2.10. The Morgan fingerprint density at radius 1 is 1.82 bits per heavy atom. The number of hydrogen-bond acceptors (Lipinski definition) is 3. The molecule has 5 heteroatoms. The van der Waals surface area contributed by atoms with Gasteiger partial charge in [-0.2, -0.15) is 0 Å². The molecule has 2 N–H and O–H groups in total. The first-order valence-electron chi connectivity index (χ1n) is 2.77. The first kappa shape index (κ1) is 8.55. The first-order valence-corrected chi connectivity index (χ1v) is 4.45. The fourth-order valence-corrected chi connectivity index (χ4v) is 2.08. The highest BCUT2D eigenvalue weighted by atomic mass is 79.9. The van der Waals surface area contributed by atoms with Crippen LogP contribution >= 0.6 is 27.3 Å². The van der Waals surface area contributed by atoms with E-state index in [1.54, 1.807) is 5.38 Å². The molecule has 0 aliphatic rings. The summed E-state index contributed by atoms with van der Waals surface area (Å²) in [5.74, 6) is 0.0475. The Hall–Kier alpha value is -0.550. The molecule has 0 spiro atoms. The van der Waals surface area contributed by atoms with Crippen molar-refractivity contribution in [1.29, 1.82) is 0 Å². The number of halogens is 1. The van der Waals surface area contributed by atoms with E-state index in [9.17, 15) is 4.79 Å². The zero-order chi connectivity index (χ0) is 8.43. The third kappa shape index (κ3) is 1.54. The monoisotopic (exact) mass is 235 g/mol. The molecule has 1 heterocycles. The van der Waals surface area contributed by atoms with Crippen LogP contribution in [0.1, 0.15) is 10.4 Å². The number of primary amides is 1. The van der Waals surface area contributed by atoms with Gasteiger partial charge >= 0.3 is 0 Å². The van der Waals surface area contributed by atoms with Crippen LogP contribution in [-0.4, -0.2) is 13.0 Å². The molecule has 0 saturated heterocycles. The number of hydrogen-bond donors (Lipinski definition) is 1. The van der Waals surface area contributed by atoms with Crippen molar-refractivity contribution in [2.75, 3.05) is 7.11 Å². The summed E-state index contributed by atoms with van der Waals surface area (Å²) in [6, 6.07) is 0. The number of rotatable bonds is 2. The van der Waals surface area contributed by atoms with Crippen LogP contribution < -0.4 is 10.5 Å². The number of ether oxygens (including phenoxy) is 1. The summed E-state index contributed by atoms with van der Waals surface area (Å²) in [6.07, 6.45) is 0. The highest BCUT2D eigenvalue weighted by Crippen LogP contribution is 2.34. The van der Waals surface area contributed by atoms with Gasteiger partial charge in [0.25, 0.3) is 5.91 Å². The van der Waals surface area contributed by atoms with Gasteiger partial charge < -0.3 is 10.5 Å². The molecule has 1 aromatic heterocycles. The van der Waals surface area contributed by atoms with Gasteiger partial charge in [-0.15, -0.1) is 11.3 Å². The largest absolute Gasteiger partial charge is 0.494 e. The molecule has 11 heavy (non-hydrogen) atoms. The van der Waals surface area contributed by atoms with E-state index < -0.39 is 5.91 Å². The summed E-state index contributed by atoms with van der Waals surface area (Å²) in [7, 11) is 1.50. The van der Waals surface area contributed by atoms with Crippen LogP contribution in [-0.2, 0) is 0 Å². The lowest BCUT2D eigenvalue weighted by Gasteiger charge is -1.98. The molecule has 0 fully saturated rings. The van der Waals surface area contributed by atoms with Gasteiger partial charge in [0.1, 0.15) is 3.79 Å². The molecule has 1 rings (SSSR count). The smallest absolute Gasteiger partial charge is 0.253 e. The minimum atomic E-state index is -0.469. The van der Waals surface area contributed by atoms with E-state index in [0.29, 0.717) is 11.3 Å². The molecule has 1 amide bonds. The van der Waals surface area contributed by atoms with Crippen molar-refractivity contribution in [3.63, 3.8) is 0 Å². The van der Waals surface area contributed by atoms with Crippen molar-refractivity contribution in [1.82, 2.24) is 0 Å². The Balaban J connectivity index is 3.15. The minimum Gasteiger partial charge on any atom is -0.494 e. The third-order valence-corrected chi connectivity index (χ3v) is 2.84. The summed E-state index contributed by atoms with van der Waals surface area (Å²) in [4.78, 5) is 10.7. The van der Waals surface area contributed by atoms with E-state index in [1.807, 2.05) is 0 Å². The van der Waals surface area contributed by atoms with Crippen molar-refractivity contribution in [3.05, 3.63) is 14.7 Å². The molecule has 0 aromatic carbocycles. The van der Waals surface area contributed by atoms with Gasteiger partial charge in [0.2, 0.25) is 0 Å². The molecule has 1 aromatic rings. The summed E-state index contributed by atoms with van der Waals surface area (Å²) < 4.78 is 5.73. The van der Waals surface area contributed by atoms with E-state index in [-0.39, 0.29) is 0 Å². The molecular formula is C6H6BrNO2S. The van der Waals surface area contributed by atoms with Crippen molar-refractivity contribution in [2.24, 2.45) is 5.73 Å². The van der Waals surface area contributed by atoms with E-state index in [0.717, 1.165) is 3.79 Å². The number of carbonyl (C=O) groups excluding carboxylic acids is 1. The van der Waals surface area contributed by atoms with Crippen LogP contribution in [0.5, 0.6) is 5.75 Å². The lowest BCUT2D eigenvalue weighted by atomic mass is 10.3. The number of nitrogens with two attached hydrogens (primary N) is 1. The van der Waals surface area contributed by atoms with Gasteiger partial charge in [-0.3, -0.25) is 4.79 Å². The minimum absolute atomic E-state index is 0.421. The van der Waals surface area contributed by atoms with Gasteiger partial charge in [-0.25, -0.2) is 0 Å². The fraction of sp³-hybridized carbons (Fsp3) is 0.167. The second-order valence-electron chi connectivity index (χ2n) is 1.82. The second-order valence-corrected chi connectivity index (χ2v) is 4.02. The zero-order valence-corrected chi connectivity index (χ0v) is 8.16. The van der Waals surface area contributed by atoms with Gasteiger partial charge in [-0.1, -0.05) is 0 Å². The molecule has 0 unspecified atom stereocenters. The molecule has 0 aliphatic carbocycles. The van der Waals surface area contributed by atoms with Crippen LogP contribution in [0, 0.1) is 0 Å². The zero-order valence-electron chi connectivity index (χ0n) is 5.76. The van der Waals surface area contributed by atoms with E-state index in [1.165, 1.54) is 18.4 Å². The summed E-state index contributed by atoms with van der Waals surface area (Å²) in [6.45, 7) is 0. The molecule has 0 aliphatic heterocycles. The molecule has 0 saturated carbocycles. The van der Waals surface area contributed by atoms with Crippen LogP contribution in [0.15, 0.2) is 9.17 Å². The van der Waals surface area contributed by atoms with Crippen LogP contribution in [0.2, 0.25) is 0 Å². The summed E-state index contributed by atoms with van der Waals surface area (Å²) in [5.41, 5.74) is 5.49. The van der Waals surface area contributed by atoms with Gasteiger partial charge in [0, 0.05) is 5.38 Å². The van der Waals surface area contributed by atoms with Gasteiger partial charge in [0.15, 0.2) is 5.75 Å². The maximum Gasteiger partial charge on any atom is 0.253 e. The molecule has 0 radical (unpaired) electrons. The van der Waals surface area contributed by atoms with Crippen molar-refractivity contribution >= 4 is 33.2 Å². The maximum absolute atomic E-state index is 10.7. The fourth-order valence-electron chi connectivity index (χ4n) is 0.684. The highest BCUT2D eigenvalue weighted by molar-refractivity contribution is 9.11. The average molecular weight is 236 g/mol. The topological polar surface area (TPSA) is 52.3 Å². The first-order chi connectivity index (χ1) is 5.16. The lowest BCUT2D eigenvalue weighted by molar-refractivity contribution is 0.0998. The number of amides is 1. The van der Waals surface area contributed by atoms with E-state index >= 15 is 0 Å². The Kier molecular flexibility index (Phi) is 2.51.